The van der Waals surface area contributed by atoms with Gasteiger partial charge in [0.2, 0.25) is 6.41 Å². The maximum Gasteiger partial charge on any atom is 0.207 e. The van der Waals surface area contributed by atoms with Crippen molar-refractivity contribution in [2.75, 3.05) is 12.8 Å². The molecule has 0 saturated heterocycles. The lowest BCUT2D eigenvalue weighted by Gasteiger charge is -2.02. The molecule has 0 heterocycles. The summed E-state index contributed by atoms with van der Waals surface area (Å²) in [7, 11) is -3.12. The molecule has 0 radical (unpaired) electrons. The summed E-state index contributed by atoms with van der Waals surface area (Å²) in [5.41, 5.74) is 0.997. The van der Waals surface area contributed by atoms with E-state index in [0.717, 1.165) is 5.56 Å². The Morgan fingerprint density at radius 2 is 1.87 bits per heavy atom. The molecular formula is C10H13NO3S. The molecule has 82 valence electrons. The largest absolute Gasteiger partial charge is 0.358 e. The van der Waals surface area contributed by atoms with Crippen molar-refractivity contribution in [3.05, 3.63) is 29.8 Å². The fraction of sp³-hybridized carbons (Fsp3) is 0.300. The first kappa shape index (κ1) is 11.7. The fourth-order valence-corrected chi connectivity index (χ4v) is 1.81. The second-order valence-electron chi connectivity index (χ2n) is 3.24. The van der Waals surface area contributed by atoms with Gasteiger partial charge in [-0.15, -0.1) is 0 Å². The van der Waals surface area contributed by atoms with Crippen LogP contribution >= 0.6 is 0 Å². The predicted octanol–water partition coefficient (Wildman–Crippen LogP) is 0.379. The van der Waals surface area contributed by atoms with Gasteiger partial charge in [-0.2, -0.15) is 0 Å². The summed E-state index contributed by atoms with van der Waals surface area (Å²) < 4.78 is 22.3. The van der Waals surface area contributed by atoms with Crippen molar-refractivity contribution in [2.24, 2.45) is 0 Å². The van der Waals surface area contributed by atoms with Crippen molar-refractivity contribution in [1.82, 2.24) is 5.32 Å². The lowest BCUT2D eigenvalue weighted by Crippen LogP contribution is -2.14. The smallest absolute Gasteiger partial charge is 0.207 e. The third kappa shape index (κ3) is 3.71. The van der Waals surface area contributed by atoms with Crippen molar-refractivity contribution in [2.45, 2.75) is 11.3 Å². The minimum atomic E-state index is -3.12. The summed E-state index contributed by atoms with van der Waals surface area (Å²) in [5.74, 6) is 0. The van der Waals surface area contributed by atoms with Crippen LogP contribution in [0.25, 0.3) is 0 Å². The molecular weight excluding hydrogens is 214 g/mol. The van der Waals surface area contributed by atoms with Gasteiger partial charge in [-0.1, -0.05) is 12.1 Å². The topological polar surface area (TPSA) is 63.2 Å². The molecule has 0 fully saturated rings. The zero-order valence-corrected chi connectivity index (χ0v) is 9.25. The molecule has 1 aromatic rings. The Hall–Kier alpha value is -1.36. The Bertz CT molecular complexity index is 422. The van der Waals surface area contributed by atoms with Gasteiger partial charge in [0.15, 0.2) is 9.84 Å². The maximum absolute atomic E-state index is 11.1. The van der Waals surface area contributed by atoms with Crippen molar-refractivity contribution >= 4 is 16.2 Å². The zero-order chi connectivity index (χ0) is 11.3. The molecule has 5 heteroatoms. The molecule has 0 bridgehead atoms. The van der Waals surface area contributed by atoms with Crippen LogP contribution in [0, 0.1) is 0 Å². The Kier molecular flexibility index (Phi) is 3.85. The average molecular weight is 227 g/mol. The second kappa shape index (κ2) is 4.93. The highest BCUT2D eigenvalue weighted by Gasteiger charge is 2.05. The lowest BCUT2D eigenvalue weighted by molar-refractivity contribution is -0.109. The van der Waals surface area contributed by atoms with Crippen LogP contribution in [0.1, 0.15) is 5.56 Å². The first-order chi connectivity index (χ1) is 7.04. The molecule has 15 heavy (non-hydrogen) atoms. The van der Waals surface area contributed by atoms with Crippen LogP contribution in [0.5, 0.6) is 0 Å². The summed E-state index contributed by atoms with van der Waals surface area (Å²) in [6.45, 7) is 0.557. The minimum Gasteiger partial charge on any atom is -0.358 e. The van der Waals surface area contributed by atoms with Crippen LogP contribution in [-0.2, 0) is 21.1 Å². The number of rotatable bonds is 5. The van der Waals surface area contributed by atoms with E-state index in [1.165, 1.54) is 6.26 Å². The normalized spacial score (nSPS) is 11.0. The van der Waals surface area contributed by atoms with Gasteiger partial charge in [0.1, 0.15) is 0 Å². The SMILES string of the molecule is CS(=O)(=O)c1ccc(CCNC=O)cc1. The molecule has 0 saturated carbocycles. The average Bonchev–Trinajstić information content (AvgIpc) is 2.18. The predicted molar refractivity (Wildman–Crippen MR) is 57.3 cm³/mol. The first-order valence-electron chi connectivity index (χ1n) is 4.50. The quantitative estimate of drug-likeness (QED) is 0.584. The molecule has 0 aliphatic heterocycles. The molecule has 0 spiro atoms. The van der Waals surface area contributed by atoms with Gasteiger partial charge in [0, 0.05) is 12.8 Å². The van der Waals surface area contributed by atoms with E-state index < -0.39 is 9.84 Å². The van der Waals surface area contributed by atoms with Gasteiger partial charge < -0.3 is 5.32 Å². The van der Waals surface area contributed by atoms with E-state index in [1.807, 2.05) is 0 Å². The van der Waals surface area contributed by atoms with Gasteiger partial charge >= 0.3 is 0 Å². The Balaban J connectivity index is 2.69. The monoisotopic (exact) mass is 227 g/mol. The minimum absolute atomic E-state index is 0.314. The molecule has 0 aliphatic carbocycles. The third-order valence-corrected chi connectivity index (χ3v) is 3.12. The zero-order valence-electron chi connectivity index (χ0n) is 8.43. The summed E-state index contributed by atoms with van der Waals surface area (Å²) in [5, 5.41) is 2.54. The van der Waals surface area contributed by atoms with Crippen molar-refractivity contribution in [1.29, 1.82) is 0 Å². The van der Waals surface area contributed by atoms with E-state index in [1.54, 1.807) is 24.3 Å². The first-order valence-corrected chi connectivity index (χ1v) is 6.39. The van der Waals surface area contributed by atoms with E-state index in [0.29, 0.717) is 24.3 Å². The van der Waals surface area contributed by atoms with Crippen LogP contribution < -0.4 is 5.32 Å². The second-order valence-corrected chi connectivity index (χ2v) is 5.25. The summed E-state index contributed by atoms with van der Waals surface area (Å²) >= 11 is 0. The number of carbonyl (C=O) groups is 1. The molecule has 0 aliphatic rings. The molecule has 1 N–H and O–H groups in total. The van der Waals surface area contributed by atoms with Crippen LogP contribution in [-0.4, -0.2) is 27.6 Å². The standard InChI is InChI=1S/C10H13NO3S/c1-15(13,14)10-4-2-9(3-5-10)6-7-11-8-12/h2-5,8H,6-7H2,1H3,(H,11,12). The van der Waals surface area contributed by atoms with Crippen molar-refractivity contribution in [3.8, 4) is 0 Å². The van der Waals surface area contributed by atoms with Gasteiger partial charge in [-0.05, 0) is 24.1 Å². The van der Waals surface area contributed by atoms with Crippen LogP contribution in [0.3, 0.4) is 0 Å². The molecule has 1 rings (SSSR count). The molecule has 0 unspecified atom stereocenters. The van der Waals surface area contributed by atoms with E-state index in [9.17, 15) is 13.2 Å². The van der Waals surface area contributed by atoms with Crippen LogP contribution in [0.4, 0.5) is 0 Å². The number of hydrogen-bond acceptors (Lipinski definition) is 3. The number of benzene rings is 1. The number of nitrogens with one attached hydrogen (secondary N) is 1. The maximum atomic E-state index is 11.1. The summed E-state index contributed by atoms with van der Waals surface area (Å²) in [6.07, 6.45) is 2.52. The fourth-order valence-electron chi connectivity index (χ4n) is 1.18. The van der Waals surface area contributed by atoms with Crippen molar-refractivity contribution in [3.63, 3.8) is 0 Å². The van der Waals surface area contributed by atoms with Gasteiger partial charge in [-0.3, -0.25) is 4.79 Å². The summed E-state index contributed by atoms with van der Waals surface area (Å²) in [6, 6.07) is 6.66. The number of amides is 1. The highest BCUT2D eigenvalue weighted by molar-refractivity contribution is 7.90. The van der Waals surface area contributed by atoms with E-state index in [-0.39, 0.29) is 0 Å². The van der Waals surface area contributed by atoms with Crippen LogP contribution in [0.2, 0.25) is 0 Å². The highest BCUT2D eigenvalue weighted by atomic mass is 32.2. The Morgan fingerprint density at radius 1 is 1.27 bits per heavy atom. The van der Waals surface area contributed by atoms with Gasteiger partial charge in [0.25, 0.3) is 0 Å². The molecule has 1 aromatic carbocycles. The summed E-state index contributed by atoms with van der Waals surface area (Å²) in [4.78, 5) is 10.3. The number of carbonyl (C=O) groups excluding carboxylic acids is 1. The molecule has 0 atom stereocenters. The van der Waals surface area contributed by atoms with Gasteiger partial charge in [-0.25, -0.2) is 8.42 Å². The Morgan fingerprint density at radius 3 is 2.33 bits per heavy atom. The van der Waals surface area contributed by atoms with Crippen LogP contribution in [0.15, 0.2) is 29.2 Å². The van der Waals surface area contributed by atoms with Crippen molar-refractivity contribution < 1.29 is 13.2 Å². The molecule has 0 aromatic heterocycles. The Labute approximate surface area is 89.2 Å². The molecule has 1 amide bonds. The van der Waals surface area contributed by atoms with E-state index in [4.69, 9.17) is 0 Å². The highest BCUT2D eigenvalue weighted by Crippen LogP contribution is 2.10. The van der Waals surface area contributed by atoms with Gasteiger partial charge in [0.05, 0.1) is 4.90 Å². The van der Waals surface area contributed by atoms with E-state index >= 15 is 0 Å². The molecule has 4 nitrogen and oxygen atoms in total. The van der Waals surface area contributed by atoms with E-state index in [2.05, 4.69) is 5.32 Å². The number of sulfone groups is 1. The number of hydrogen-bond donors (Lipinski definition) is 1. The lowest BCUT2D eigenvalue weighted by atomic mass is 10.1. The third-order valence-electron chi connectivity index (χ3n) is 1.99.